The van der Waals surface area contributed by atoms with Crippen LogP contribution >= 0.6 is 0 Å². The monoisotopic (exact) mass is 352 g/mol. The van der Waals surface area contributed by atoms with Crippen LogP contribution < -0.4 is 0 Å². The number of ether oxygens (including phenoxy) is 2. The lowest BCUT2D eigenvalue weighted by Crippen LogP contribution is -2.14. The van der Waals surface area contributed by atoms with Gasteiger partial charge >= 0.3 is 11.9 Å². The second-order valence-electron chi connectivity index (χ2n) is 5.12. The van der Waals surface area contributed by atoms with E-state index in [1.54, 1.807) is 6.07 Å². The number of carbonyl (C=O) groups excluding carboxylic acids is 2. The predicted molar refractivity (Wildman–Crippen MR) is 82.5 cm³/mol. The number of halogens is 3. The fourth-order valence-corrected chi connectivity index (χ4v) is 2.01. The number of carbonyl (C=O) groups is 2. The lowest BCUT2D eigenvalue weighted by molar-refractivity contribution is 0.0436. The molecule has 0 spiro atoms. The van der Waals surface area contributed by atoms with Gasteiger partial charge in [-0.25, -0.2) is 22.8 Å². The normalized spacial score (nSPS) is 10.4. The first-order valence-corrected chi connectivity index (χ1v) is 7.50. The van der Waals surface area contributed by atoms with Gasteiger partial charge in [-0.1, -0.05) is 19.1 Å². The van der Waals surface area contributed by atoms with Crippen LogP contribution in [0.1, 0.15) is 39.6 Å². The SMILES string of the molecule is CCCOC(=O)c1ccccc1C(=O)OCc1cc(F)c(F)cc1F. The van der Waals surface area contributed by atoms with E-state index in [2.05, 4.69) is 0 Å². The van der Waals surface area contributed by atoms with Gasteiger partial charge in [0.1, 0.15) is 12.4 Å². The molecule has 0 radical (unpaired) electrons. The molecule has 2 aromatic carbocycles. The quantitative estimate of drug-likeness (QED) is 0.582. The lowest BCUT2D eigenvalue weighted by atomic mass is 10.1. The molecule has 25 heavy (non-hydrogen) atoms. The second-order valence-corrected chi connectivity index (χ2v) is 5.12. The second kappa shape index (κ2) is 8.32. The van der Waals surface area contributed by atoms with E-state index in [1.165, 1.54) is 18.2 Å². The Morgan fingerprint density at radius 2 is 1.44 bits per heavy atom. The van der Waals surface area contributed by atoms with Crippen LogP contribution in [0.15, 0.2) is 36.4 Å². The Kier molecular flexibility index (Phi) is 6.16. The highest BCUT2D eigenvalue weighted by Crippen LogP contribution is 2.17. The molecule has 4 nitrogen and oxygen atoms in total. The van der Waals surface area contributed by atoms with Crippen molar-refractivity contribution >= 4 is 11.9 Å². The summed E-state index contributed by atoms with van der Waals surface area (Å²) in [5, 5.41) is 0. The van der Waals surface area contributed by atoms with Crippen molar-refractivity contribution in [2.45, 2.75) is 20.0 Å². The molecule has 0 bridgehead atoms. The van der Waals surface area contributed by atoms with Crippen molar-refractivity contribution in [3.8, 4) is 0 Å². The van der Waals surface area contributed by atoms with Crippen molar-refractivity contribution in [2.24, 2.45) is 0 Å². The molecule has 0 saturated carbocycles. The fraction of sp³-hybridized carbons (Fsp3) is 0.222. The first kappa shape index (κ1) is 18.5. The molecule has 132 valence electrons. The maximum Gasteiger partial charge on any atom is 0.339 e. The van der Waals surface area contributed by atoms with Crippen molar-refractivity contribution in [1.29, 1.82) is 0 Å². The lowest BCUT2D eigenvalue weighted by Gasteiger charge is -2.10. The van der Waals surface area contributed by atoms with Crippen LogP contribution in [-0.4, -0.2) is 18.5 Å². The summed E-state index contributed by atoms with van der Waals surface area (Å²) in [4.78, 5) is 24.1. The minimum Gasteiger partial charge on any atom is -0.462 e. The van der Waals surface area contributed by atoms with Crippen LogP contribution in [0, 0.1) is 17.5 Å². The molecule has 0 aliphatic rings. The third kappa shape index (κ3) is 4.59. The predicted octanol–water partition coefficient (Wildman–Crippen LogP) is 4.03. The van der Waals surface area contributed by atoms with Gasteiger partial charge in [-0.2, -0.15) is 0 Å². The summed E-state index contributed by atoms with van der Waals surface area (Å²) in [6, 6.07) is 6.80. The third-order valence-electron chi connectivity index (χ3n) is 3.25. The highest BCUT2D eigenvalue weighted by Gasteiger charge is 2.19. The zero-order valence-electron chi connectivity index (χ0n) is 13.4. The molecule has 0 aromatic heterocycles. The van der Waals surface area contributed by atoms with Crippen LogP contribution in [0.3, 0.4) is 0 Å². The standard InChI is InChI=1S/C18H15F3O4/c1-2-7-24-17(22)12-5-3-4-6-13(12)18(23)25-10-11-8-15(20)16(21)9-14(11)19/h3-6,8-9H,2,7,10H2,1H3. The average molecular weight is 352 g/mol. The molecule has 0 amide bonds. The molecule has 0 heterocycles. The Morgan fingerprint density at radius 3 is 2.04 bits per heavy atom. The van der Waals surface area contributed by atoms with Gasteiger partial charge in [0.15, 0.2) is 11.6 Å². The first-order valence-electron chi connectivity index (χ1n) is 7.50. The summed E-state index contributed by atoms with van der Waals surface area (Å²) >= 11 is 0. The van der Waals surface area contributed by atoms with Crippen molar-refractivity contribution in [2.75, 3.05) is 6.61 Å². The summed E-state index contributed by atoms with van der Waals surface area (Å²) in [5.74, 6) is -5.23. The minimum atomic E-state index is -1.34. The molecule has 2 aromatic rings. The van der Waals surface area contributed by atoms with E-state index in [1.807, 2.05) is 6.92 Å². The minimum absolute atomic E-state index is 0.00621. The Labute approximate surface area is 142 Å². The van der Waals surface area contributed by atoms with Gasteiger partial charge in [0.25, 0.3) is 0 Å². The molecule has 0 saturated heterocycles. The molecule has 0 N–H and O–H groups in total. The highest BCUT2D eigenvalue weighted by molar-refractivity contribution is 6.03. The van der Waals surface area contributed by atoms with Crippen LogP contribution in [0.2, 0.25) is 0 Å². The first-order chi connectivity index (χ1) is 11.9. The molecular formula is C18H15F3O4. The Hall–Kier alpha value is -2.83. The van der Waals surface area contributed by atoms with Gasteiger partial charge < -0.3 is 9.47 Å². The summed E-state index contributed by atoms with van der Waals surface area (Å²) in [6.45, 7) is 1.41. The van der Waals surface area contributed by atoms with E-state index >= 15 is 0 Å². The average Bonchev–Trinajstić information content (AvgIpc) is 2.61. The molecular weight excluding hydrogens is 337 g/mol. The smallest absolute Gasteiger partial charge is 0.339 e. The van der Waals surface area contributed by atoms with E-state index in [4.69, 9.17) is 9.47 Å². The van der Waals surface area contributed by atoms with Crippen molar-refractivity contribution in [1.82, 2.24) is 0 Å². The van der Waals surface area contributed by atoms with E-state index in [0.29, 0.717) is 18.6 Å². The molecule has 0 unspecified atom stereocenters. The molecule has 0 aliphatic carbocycles. The maximum atomic E-state index is 13.6. The Balaban J connectivity index is 2.14. The molecule has 2 rings (SSSR count). The van der Waals surface area contributed by atoms with Gasteiger partial charge in [0, 0.05) is 11.6 Å². The Bertz CT molecular complexity index is 790. The van der Waals surface area contributed by atoms with Gasteiger partial charge in [-0.15, -0.1) is 0 Å². The van der Waals surface area contributed by atoms with E-state index in [9.17, 15) is 22.8 Å². The van der Waals surface area contributed by atoms with Crippen molar-refractivity contribution in [3.63, 3.8) is 0 Å². The summed E-state index contributed by atoms with van der Waals surface area (Å²) < 4.78 is 49.5. The number of hydrogen-bond acceptors (Lipinski definition) is 4. The summed E-state index contributed by atoms with van der Waals surface area (Å²) in [7, 11) is 0. The number of esters is 2. The molecule has 0 fully saturated rings. The zero-order chi connectivity index (χ0) is 18.4. The third-order valence-corrected chi connectivity index (χ3v) is 3.25. The Morgan fingerprint density at radius 1 is 0.880 bits per heavy atom. The summed E-state index contributed by atoms with van der Waals surface area (Å²) in [6.07, 6.45) is 0.619. The fourth-order valence-electron chi connectivity index (χ4n) is 2.01. The van der Waals surface area contributed by atoms with Crippen LogP contribution in [-0.2, 0) is 16.1 Å². The van der Waals surface area contributed by atoms with Crippen molar-refractivity contribution in [3.05, 3.63) is 70.5 Å². The largest absolute Gasteiger partial charge is 0.462 e. The number of hydrogen-bond donors (Lipinski definition) is 0. The van der Waals surface area contributed by atoms with E-state index < -0.39 is 36.0 Å². The maximum absolute atomic E-state index is 13.6. The van der Waals surface area contributed by atoms with E-state index in [-0.39, 0.29) is 23.3 Å². The molecule has 0 aliphatic heterocycles. The summed E-state index contributed by atoms with van der Waals surface area (Å²) in [5.41, 5.74) is -0.378. The molecule has 0 atom stereocenters. The molecule has 7 heteroatoms. The van der Waals surface area contributed by atoms with E-state index in [0.717, 1.165) is 0 Å². The zero-order valence-corrected chi connectivity index (χ0v) is 13.4. The van der Waals surface area contributed by atoms with Crippen molar-refractivity contribution < 1.29 is 32.2 Å². The van der Waals surface area contributed by atoms with Crippen LogP contribution in [0.25, 0.3) is 0 Å². The van der Waals surface area contributed by atoms with Gasteiger partial charge in [0.05, 0.1) is 17.7 Å². The highest BCUT2D eigenvalue weighted by atomic mass is 19.2. The van der Waals surface area contributed by atoms with Crippen LogP contribution in [0.5, 0.6) is 0 Å². The van der Waals surface area contributed by atoms with Crippen LogP contribution in [0.4, 0.5) is 13.2 Å². The van der Waals surface area contributed by atoms with Gasteiger partial charge in [-0.3, -0.25) is 0 Å². The topological polar surface area (TPSA) is 52.6 Å². The van der Waals surface area contributed by atoms with Gasteiger partial charge in [0.2, 0.25) is 0 Å². The number of rotatable bonds is 6. The number of benzene rings is 2. The van der Waals surface area contributed by atoms with Gasteiger partial charge in [-0.05, 0) is 24.6 Å².